The molecule has 0 radical (unpaired) electrons. The molecule has 0 atom stereocenters. The number of hydrogen-bond acceptors (Lipinski definition) is 0. The van der Waals surface area contributed by atoms with Crippen LogP contribution in [0.4, 0.5) is 0 Å². The normalized spacial score (nSPS) is 10.9. The Bertz CT molecular complexity index is 84.2. The maximum atomic E-state index is 5.65. The van der Waals surface area contributed by atoms with E-state index in [0.717, 1.165) is 16.9 Å². The fraction of sp³-hybridized carbons (Fsp3) is 1.00. The minimum atomic E-state index is 0. The van der Waals surface area contributed by atoms with Crippen molar-refractivity contribution in [3.8, 4) is 0 Å². The zero-order valence-corrected chi connectivity index (χ0v) is 9.25. The Morgan fingerprint density at radius 2 is 1.73 bits per heavy atom. The Kier molecular flexibility index (Phi) is 9.22. The SMILES string of the molecule is CCCC[N+](C)(C)CCCl.[Cl-]. The van der Waals surface area contributed by atoms with E-state index in [1.807, 2.05) is 0 Å². The van der Waals surface area contributed by atoms with E-state index >= 15 is 0 Å². The molecule has 0 aromatic heterocycles. The van der Waals surface area contributed by atoms with Gasteiger partial charge in [-0.25, -0.2) is 0 Å². The van der Waals surface area contributed by atoms with Gasteiger partial charge in [0.05, 0.1) is 33.1 Å². The van der Waals surface area contributed by atoms with Crippen molar-refractivity contribution in [2.45, 2.75) is 19.8 Å². The molecular weight excluding hydrogens is 181 g/mol. The van der Waals surface area contributed by atoms with Crippen LogP contribution in [0.3, 0.4) is 0 Å². The fourth-order valence-corrected chi connectivity index (χ4v) is 1.38. The Balaban J connectivity index is 0. The lowest BCUT2D eigenvalue weighted by Crippen LogP contribution is -3.00. The molecule has 0 unspecified atom stereocenters. The van der Waals surface area contributed by atoms with Crippen LogP contribution in [0.15, 0.2) is 0 Å². The van der Waals surface area contributed by atoms with Crippen molar-refractivity contribution in [1.29, 1.82) is 0 Å². The van der Waals surface area contributed by atoms with Gasteiger partial charge >= 0.3 is 0 Å². The molecule has 3 heteroatoms. The van der Waals surface area contributed by atoms with Gasteiger partial charge in [-0.3, -0.25) is 0 Å². The lowest BCUT2D eigenvalue weighted by Gasteiger charge is -2.28. The Morgan fingerprint density at radius 1 is 1.18 bits per heavy atom. The highest BCUT2D eigenvalue weighted by atomic mass is 35.5. The van der Waals surface area contributed by atoms with Crippen molar-refractivity contribution < 1.29 is 16.9 Å². The molecule has 0 saturated carbocycles. The van der Waals surface area contributed by atoms with Crippen molar-refractivity contribution in [2.24, 2.45) is 0 Å². The first-order chi connectivity index (χ1) is 4.62. The quantitative estimate of drug-likeness (QED) is 0.399. The van der Waals surface area contributed by atoms with Crippen LogP contribution in [-0.4, -0.2) is 37.5 Å². The van der Waals surface area contributed by atoms with Crippen LogP contribution in [-0.2, 0) is 0 Å². The molecule has 0 bridgehead atoms. The lowest BCUT2D eigenvalue weighted by molar-refractivity contribution is -0.888. The summed E-state index contributed by atoms with van der Waals surface area (Å²) in [7, 11) is 4.47. The van der Waals surface area contributed by atoms with Crippen molar-refractivity contribution >= 4 is 11.6 Å². The van der Waals surface area contributed by atoms with Gasteiger partial charge in [-0.1, -0.05) is 13.3 Å². The summed E-state index contributed by atoms with van der Waals surface area (Å²) in [5.41, 5.74) is 0. The summed E-state index contributed by atoms with van der Waals surface area (Å²) in [5, 5.41) is 0. The Labute approximate surface area is 81.7 Å². The first-order valence-electron chi connectivity index (χ1n) is 4.00. The number of quaternary nitrogens is 1. The van der Waals surface area contributed by atoms with E-state index in [0.29, 0.717) is 0 Å². The predicted octanol–water partition coefficient (Wildman–Crippen LogP) is -0.894. The molecule has 0 aliphatic heterocycles. The smallest absolute Gasteiger partial charge is 0.0920 e. The Morgan fingerprint density at radius 3 is 2.09 bits per heavy atom. The van der Waals surface area contributed by atoms with E-state index in [1.54, 1.807) is 0 Å². The molecule has 0 N–H and O–H groups in total. The molecule has 0 aromatic carbocycles. The van der Waals surface area contributed by atoms with Gasteiger partial charge in [0.25, 0.3) is 0 Å². The van der Waals surface area contributed by atoms with Gasteiger partial charge in [-0.2, -0.15) is 0 Å². The summed E-state index contributed by atoms with van der Waals surface area (Å²) in [6.45, 7) is 4.56. The average molecular weight is 200 g/mol. The van der Waals surface area contributed by atoms with Gasteiger partial charge < -0.3 is 16.9 Å². The zero-order valence-electron chi connectivity index (χ0n) is 7.74. The molecule has 0 heterocycles. The average Bonchev–Trinajstić information content (AvgIpc) is 1.84. The van der Waals surface area contributed by atoms with E-state index in [9.17, 15) is 0 Å². The number of rotatable bonds is 5. The second-order valence-corrected chi connectivity index (χ2v) is 3.80. The summed E-state index contributed by atoms with van der Waals surface area (Å²) in [5.74, 6) is 0.775. The van der Waals surface area contributed by atoms with Gasteiger partial charge in [0.15, 0.2) is 0 Å². The fourth-order valence-electron chi connectivity index (χ4n) is 0.927. The van der Waals surface area contributed by atoms with Crippen LogP contribution in [0.25, 0.3) is 0 Å². The highest BCUT2D eigenvalue weighted by molar-refractivity contribution is 6.17. The topological polar surface area (TPSA) is 0 Å². The molecule has 11 heavy (non-hydrogen) atoms. The van der Waals surface area contributed by atoms with Gasteiger partial charge in [-0.05, 0) is 6.42 Å². The first kappa shape index (κ1) is 14.1. The maximum Gasteiger partial charge on any atom is 0.0920 e. The Hall–Kier alpha value is 0.540. The van der Waals surface area contributed by atoms with Gasteiger partial charge in [-0.15, -0.1) is 11.6 Å². The number of halogens is 2. The number of hydrogen-bond donors (Lipinski definition) is 0. The minimum absolute atomic E-state index is 0. The molecule has 0 rings (SSSR count). The van der Waals surface area contributed by atoms with Crippen molar-refractivity contribution in [1.82, 2.24) is 0 Å². The van der Waals surface area contributed by atoms with Gasteiger partial charge in [0.2, 0.25) is 0 Å². The molecule has 0 amide bonds. The monoisotopic (exact) mass is 199 g/mol. The molecule has 0 saturated heterocycles. The summed E-state index contributed by atoms with van der Waals surface area (Å²) in [4.78, 5) is 0. The van der Waals surface area contributed by atoms with Crippen molar-refractivity contribution in [3.63, 3.8) is 0 Å². The van der Waals surface area contributed by atoms with Crippen LogP contribution in [0.1, 0.15) is 19.8 Å². The summed E-state index contributed by atoms with van der Waals surface area (Å²) >= 11 is 5.65. The largest absolute Gasteiger partial charge is 1.00 e. The first-order valence-corrected chi connectivity index (χ1v) is 4.54. The number of alkyl halides is 1. The molecular formula is C8H19Cl2N. The van der Waals surface area contributed by atoms with Crippen LogP contribution in [0, 0.1) is 0 Å². The van der Waals surface area contributed by atoms with Crippen LogP contribution >= 0.6 is 11.6 Å². The van der Waals surface area contributed by atoms with E-state index in [2.05, 4.69) is 21.0 Å². The minimum Gasteiger partial charge on any atom is -1.00 e. The van der Waals surface area contributed by atoms with Crippen molar-refractivity contribution in [3.05, 3.63) is 0 Å². The summed E-state index contributed by atoms with van der Waals surface area (Å²) in [6.07, 6.45) is 2.59. The summed E-state index contributed by atoms with van der Waals surface area (Å²) in [6, 6.07) is 0. The highest BCUT2D eigenvalue weighted by Crippen LogP contribution is 2.01. The molecule has 0 fully saturated rings. The predicted molar refractivity (Wildman–Crippen MR) is 47.5 cm³/mol. The van der Waals surface area contributed by atoms with Crippen molar-refractivity contribution in [2.75, 3.05) is 33.1 Å². The number of unbranched alkanes of at least 4 members (excludes halogenated alkanes) is 1. The standard InChI is InChI=1S/C8H19ClN.ClH/c1-4-5-7-10(2,3)8-6-9;/h4-8H2,1-3H3;1H/q+1;/p-1. The van der Waals surface area contributed by atoms with E-state index in [-0.39, 0.29) is 12.4 Å². The molecule has 0 aliphatic carbocycles. The van der Waals surface area contributed by atoms with Gasteiger partial charge in [0, 0.05) is 0 Å². The van der Waals surface area contributed by atoms with E-state index in [1.165, 1.54) is 19.4 Å². The second-order valence-electron chi connectivity index (χ2n) is 3.43. The van der Waals surface area contributed by atoms with E-state index < -0.39 is 0 Å². The third-order valence-electron chi connectivity index (χ3n) is 1.81. The third kappa shape index (κ3) is 8.45. The third-order valence-corrected chi connectivity index (χ3v) is 1.98. The highest BCUT2D eigenvalue weighted by Gasteiger charge is 2.11. The lowest BCUT2D eigenvalue weighted by atomic mass is 10.3. The second kappa shape index (κ2) is 7.20. The van der Waals surface area contributed by atoms with Crippen LogP contribution in [0.5, 0.6) is 0 Å². The summed E-state index contributed by atoms with van der Waals surface area (Å²) < 4.78 is 1.07. The molecule has 70 valence electrons. The van der Waals surface area contributed by atoms with Crippen LogP contribution in [0.2, 0.25) is 0 Å². The molecule has 0 spiro atoms. The zero-order chi connectivity index (χ0) is 8.04. The van der Waals surface area contributed by atoms with E-state index in [4.69, 9.17) is 11.6 Å². The molecule has 1 nitrogen and oxygen atoms in total. The van der Waals surface area contributed by atoms with Gasteiger partial charge in [0.1, 0.15) is 0 Å². The maximum absolute atomic E-state index is 5.65. The van der Waals surface area contributed by atoms with Crippen LogP contribution < -0.4 is 12.4 Å². The number of nitrogens with zero attached hydrogens (tertiary/aromatic N) is 1. The molecule has 0 aliphatic rings. The molecule has 0 aromatic rings.